The molecule has 8 heteroatoms. The molecule has 0 bridgehead atoms. The van der Waals surface area contributed by atoms with Gasteiger partial charge in [0.1, 0.15) is 17.4 Å². The van der Waals surface area contributed by atoms with Gasteiger partial charge in [0.2, 0.25) is 0 Å². The van der Waals surface area contributed by atoms with Crippen molar-refractivity contribution in [3.05, 3.63) is 86.2 Å². The topological polar surface area (TPSA) is 79.2 Å². The Bertz CT molecular complexity index is 1180. The molecule has 1 aromatic heterocycles. The highest BCUT2D eigenvalue weighted by molar-refractivity contribution is 5.66. The SMILES string of the molecule is COc1cccc(-c2c(C)n(Cc3c(F)cccc3F)c(=O)n(C[C@@H](C)N)c2=O)c1. The molecule has 1 atom stereocenters. The summed E-state index contributed by atoms with van der Waals surface area (Å²) < 4.78 is 35.9. The number of aromatic nitrogens is 2. The first kappa shape index (κ1) is 21.4. The molecule has 0 saturated heterocycles. The molecule has 0 fully saturated rings. The lowest BCUT2D eigenvalue weighted by Gasteiger charge is -2.19. The van der Waals surface area contributed by atoms with Gasteiger partial charge < -0.3 is 10.5 Å². The van der Waals surface area contributed by atoms with E-state index >= 15 is 0 Å². The minimum atomic E-state index is -0.769. The minimum absolute atomic E-state index is 0.0331. The number of nitrogens with two attached hydrogens (primary N) is 1. The molecular weight excluding hydrogens is 392 g/mol. The van der Waals surface area contributed by atoms with Crippen molar-refractivity contribution in [2.24, 2.45) is 5.73 Å². The van der Waals surface area contributed by atoms with Crippen molar-refractivity contribution in [1.82, 2.24) is 9.13 Å². The maximum Gasteiger partial charge on any atom is 0.331 e. The van der Waals surface area contributed by atoms with Gasteiger partial charge in [-0.1, -0.05) is 18.2 Å². The molecule has 0 aliphatic carbocycles. The summed E-state index contributed by atoms with van der Waals surface area (Å²) in [5.74, 6) is -1.01. The van der Waals surface area contributed by atoms with Gasteiger partial charge in [-0.05, 0) is 43.7 Å². The first-order valence-electron chi connectivity index (χ1n) is 9.41. The second-order valence-corrected chi connectivity index (χ2v) is 7.15. The number of halogens is 2. The van der Waals surface area contributed by atoms with Gasteiger partial charge in [0.05, 0.1) is 19.2 Å². The van der Waals surface area contributed by atoms with Crippen molar-refractivity contribution in [2.75, 3.05) is 7.11 Å². The van der Waals surface area contributed by atoms with E-state index in [0.717, 1.165) is 16.7 Å². The fourth-order valence-electron chi connectivity index (χ4n) is 3.39. The van der Waals surface area contributed by atoms with Gasteiger partial charge in [-0.25, -0.2) is 13.6 Å². The molecule has 0 radical (unpaired) electrons. The fraction of sp³-hybridized carbons (Fsp3) is 0.273. The lowest BCUT2D eigenvalue weighted by Crippen LogP contribution is -2.45. The quantitative estimate of drug-likeness (QED) is 0.671. The molecule has 6 nitrogen and oxygen atoms in total. The van der Waals surface area contributed by atoms with Crippen molar-refractivity contribution in [3.8, 4) is 16.9 Å². The van der Waals surface area contributed by atoms with E-state index in [1.165, 1.54) is 17.7 Å². The van der Waals surface area contributed by atoms with Crippen LogP contribution in [-0.2, 0) is 13.1 Å². The van der Waals surface area contributed by atoms with Gasteiger partial charge in [-0.15, -0.1) is 0 Å². The van der Waals surface area contributed by atoms with E-state index in [-0.39, 0.29) is 24.2 Å². The van der Waals surface area contributed by atoms with Crippen LogP contribution in [0.2, 0.25) is 0 Å². The lowest BCUT2D eigenvalue weighted by molar-refractivity contribution is 0.415. The van der Waals surface area contributed by atoms with Gasteiger partial charge in [0.25, 0.3) is 5.56 Å². The van der Waals surface area contributed by atoms with Gasteiger partial charge >= 0.3 is 5.69 Å². The molecule has 2 N–H and O–H groups in total. The van der Waals surface area contributed by atoms with E-state index in [0.29, 0.717) is 17.0 Å². The van der Waals surface area contributed by atoms with Crippen molar-refractivity contribution in [3.63, 3.8) is 0 Å². The predicted octanol–water partition coefficient (Wildman–Crippen LogP) is 2.67. The van der Waals surface area contributed by atoms with Crippen LogP contribution in [0, 0.1) is 18.6 Å². The number of methoxy groups -OCH3 is 1. The third-order valence-electron chi connectivity index (χ3n) is 4.89. The van der Waals surface area contributed by atoms with Gasteiger partial charge in [0, 0.05) is 23.8 Å². The Morgan fingerprint density at radius 3 is 2.30 bits per heavy atom. The molecule has 3 aromatic rings. The van der Waals surface area contributed by atoms with E-state index < -0.39 is 28.9 Å². The summed E-state index contributed by atoms with van der Waals surface area (Å²) in [4.78, 5) is 26.3. The monoisotopic (exact) mass is 415 g/mol. The summed E-state index contributed by atoms with van der Waals surface area (Å²) in [6.45, 7) is 2.85. The molecule has 0 amide bonds. The number of hydrogen-bond acceptors (Lipinski definition) is 4. The maximum absolute atomic E-state index is 14.3. The Morgan fingerprint density at radius 1 is 1.07 bits per heavy atom. The van der Waals surface area contributed by atoms with Crippen molar-refractivity contribution < 1.29 is 13.5 Å². The van der Waals surface area contributed by atoms with E-state index in [9.17, 15) is 18.4 Å². The van der Waals surface area contributed by atoms with Crippen LogP contribution in [0.5, 0.6) is 5.75 Å². The van der Waals surface area contributed by atoms with Crippen LogP contribution in [0.4, 0.5) is 8.78 Å². The Labute approximate surface area is 172 Å². The van der Waals surface area contributed by atoms with Crippen molar-refractivity contribution in [2.45, 2.75) is 33.0 Å². The second-order valence-electron chi connectivity index (χ2n) is 7.15. The molecule has 0 saturated carbocycles. The molecule has 30 heavy (non-hydrogen) atoms. The van der Waals surface area contributed by atoms with Crippen LogP contribution in [0.3, 0.4) is 0 Å². The molecule has 0 aliphatic rings. The van der Waals surface area contributed by atoms with Gasteiger partial charge in [-0.2, -0.15) is 0 Å². The molecule has 2 aromatic carbocycles. The number of nitrogens with zero attached hydrogens (tertiary/aromatic N) is 2. The first-order chi connectivity index (χ1) is 14.2. The van der Waals surface area contributed by atoms with E-state index in [2.05, 4.69) is 0 Å². The summed E-state index contributed by atoms with van der Waals surface area (Å²) in [5, 5.41) is 0. The highest BCUT2D eigenvalue weighted by atomic mass is 19.1. The molecule has 3 rings (SSSR count). The van der Waals surface area contributed by atoms with Crippen molar-refractivity contribution >= 4 is 0 Å². The summed E-state index contributed by atoms with van der Waals surface area (Å²) >= 11 is 0. The van der Waals surface area contributed by atoms with Crippen LogP contribution in [-0.4, -0.2) is 22.3 Å². The zero-order valence-electron chi connectivity index (χ0n) is 17.0. The summed E-state index contributed by atoms with van der Waals surface area (Å²) in [5.41, 5.74) is 5.44. The Balaban J connectivity index is 2.31. The number of benzene rings is 2. The molecular formula is C22H23F2N3O3. The second kappa shape index (κ2) is 8.62. The first-order valence-corrected chi connectivity index (χ1v) is 9.41. The molecule has 0 spiro atoms. The Kier molecular flexibility index (Phi) is 6.17. The third-order valence-corrected chi connectivity index (χ3v) is 4.89. The van der Waals surface area contributed by atoms with Crippen LogP contribution < -0.4 is 21.7 Å². The Hall–Kier alpha value is -3.26. The fourth-order valence-corrected chi connectivity index (χ4v) is 3.39. The molecule has 0 aliphatic heterocycles. The summed E-state index contributed by atoms with van der Waals surface area (Å²) in [6.07, 6.45) is 0. The van der Waals surface area contributed by atoms with E-state index in [4.69, 9.17) is 10.5 Å². The van der Waals surface area contributed by atoms with Crippen LogP contribution in [0.1, 0.15) is 18.2 Å². The average Bonchev–Trinajstić information content (AvgIpc) is 2.70. The number of hydrogen-bond donors (Lipinski definition) is 1. The predicted molar refractivity (Wildman–Crippen MR) is 111 cm³/mol. The van der Waals surface area contributed by atoms with E-state index in [1.54, 1.807) is 38.1 Å². The summed E-state index contributed by atoms with van der Waals surface area (Å²) in [7, 11) is 1.50. The van der Waals surface area contributed by atoms with Gasteiger partial charge in [-0.3, -0.25) is 13.9 Å². The lowest BCUT2D eigenvalue weighted by atomic mass is 10.0. The highest BCUT2D eigenvalue weighted by Crippen LogP contribution is 2.24. The normalized spacial score (nSPS) is 12.1. The van der Waals surface area contributed by atoms with Crippen LogP contribution in [0.25, 0.3) is 11.1 Å². The smallest absolute Gasteiger partial charge is 0.331 e. The molecule has 158 valence electrons. The van der Waals surface area contributed by atoms with Crippen molar-refractivity contribution in [1.29, 1.82) is 0 Å². The van der Waals surface area contributed by atoms with Gasteiger partial charge in [0.15, 0.2) is 0 Å². The number of ether oxygens (including phenoxy) is 1. The standard InChI is InChI=1S/C22H23F2N3O3/c1-13(25)11-27-21(28)20(15-6-4-7-16(10-15)30-3)14(2)26(22(27)29)12-17-18(23)8-5-9-19(17)24/h4-10,13H,11-12,25H2,1-3H3/t13-/m1/s1. The molecule has 0 unspecified atom stereocenters. The summed E-state index contributed by atoms with van der Waals surface area (Å²) in [6, 6.07) is 9.84. The zero-order valence-corrected chi connectivity index (χ0v) is 17.0. The maximum atomic E-state index is 14.3. The largest absolute Gasteiger partial charge is 0.497 e. The number of rotatable bonds is 6. The van der Waals surface area contributed by atoms with E-state index in [1.807, 2.05) is 0 Å². The third kappa shape index (κ3) is 4.04. The van der Waals surface area contributed by atoms with Crippen LogP contribution >= 0.6 is 0 Å². The Morgan fingerprint density at radius 2 is 1.70 bits per heavy atom. The minimum Gasteiger partial charge on any atom is -0.497 e. The molecule has 1 heterocycles. The average molecular weight is 415 g/mol. The highest BCUT2D eigenvalue weighted by Gasteiger charge is 2.21. The zero-order chi connectivity index (χ0) is 22.0. The van der Waals surface area contributed by atoms with Crippen LogP contribution in [0.15, 0.2) is 52.1 Å².